The molecule has 0 saturated carbocycles. The fraction of sp³-hybridized carbons (Fsp3) is 0.105. The van der Waals surface area contributed by atoms with Crippen LogP contribution in [0.4, 0.5) is 0 Å². The summed E-state index contributed by atoms with van der Waals surface area (Å²) >= 11 is 6.39. The van der Waals surface area contributed by atoms with Crippen LogP contribution in [0.25, 0.3) is 6.08 Å². The van der Waals surface area contributed by atoms with Gasteiger partial charge in [-0.15, -0.1) is 0 Å². The van der Waals surface area contributed by atoms with Gasteiger partial charge in [-0.3, -0.25) is 9.69 Å². The van der Waals surface area contributed by atoms with Crippen LogP contribution in [0.15, 0.2) is 59.5 Å². The molecule has 1 atom stereocenters. The molecule has 2 aromatic rings. The van der Waals surface area contributed by atoms with Gasteiger partial charge in [0, 0.05) is 5.56 Å². The zero-order valence-electron chi connectivity index (χ0n) is 13.8. The van der Waals surface area contributed by atoms with Crippen molar-refractivity contribution in [3.8, 4) is 5.75 Å². The Morgan fingerprint density at radius 3 is 2.50 bits per heavy atom. The molecule has 3 rings (SSSR count). The van der Waals surface area contributed by atoms with E-state index in [1.807, 2.05) is 18.2 Å². The average molecular weight is 385 g/mol. The third kappa shape index (κ3) is 3.49. The van der Waals surface area contributed by atoms with E-state index in [1.165, 1.54) is 0 Å². The number of carboxylic acids is 1. The second-order valence-electron chi connectivity index (χ2n) is 5.45. The molecular formula is C19H15NO4S2. The summed E-state index contributed by atoms with van der Waals surface area (Å²) < 4.78 is 5.51. The monoisotopic (exact) mass is 385 g/mol. The summed E-state index contributed by atoms with van der Waals surface area (Å²) in [5.41, 5.74) is 1.22. The van der Waals surface area contributed by atoms with E-state index in [1.54, 1.807) is 49.6 Å². The van der Waals surface area contributed by atoms with E-state index >= 15 is 0 Å². The lowest BCUT2D eigenvalue weighted by molar-refractivity contribution is -0.145. The number of carboxylic acid groups (broad SMARTS) is 1. The number of carbonyl (C=O) groups is 2. The summed E-state index contributed by atoms with van der Waals surface area (Å²) in [6.45, 7) is 0. The summed E-state index contributed by atoms with van der Waals surface area (Å²) in [4.78, 5) is 26.2. The Morgan fingerprint density at radius 1 is 1.19 bits per heavy atom. The third-order valence-electron chi connectivity index (χ3n) is 3.86. The van der Waals surface area contributed by atoms with Crippen LogP contribution in [-0.4, -0.2) is 33.3 Å². The number of carbonyl (C=O) groups excluding carboxylic acids is 1. The fourth-order valence-electron chi connectivity index (χ4n) is 2.67. The summed E-state index contributed by atoms with van der Waals surface area (Å²) in [5.74, 6) is -0.941. The van der Waals surface area contributed by atoms with E-state index in [0.717, 1.165) is 22.2 Å². The van der Waals surface area contributed by atoms with Crippen LogP contribution in [0.3, 0.4) is 0 Å². The first kappa shape index (κ1) is 18.2. The van der Waals surface area contributed by atoms with Crippen molar-refractivity contribution in [3.63, 3.8) is 0 Å². The second kappa shape index (κ2) is 7.72. The van der Waals surface area contributed by atoms with E-state index in [-0.39, 0.29) is 4.32 Å². The van der Waals surface area contributed by atoms with E-state index in [4.69, 9.17) is 17.0 Å². The number of para-hydroxylation sites is 1. The Bertz CT molecular complexity index is 895. The van der Waals surface area contributed by atoms with Crippen molar-refractivity contribution >= 4 is 46.3 Å². The van der Waals surface area contributed by atoms with Crippen LogP contribution in [0, 0.1) is 0 Å². The minimum atomic E-state index is -1.16. The highest BCUT2D eigenvalue weighted by Gasteiger charge is 2.41. The molecule has 1 aliphatic heterocycles. The second-order valence-corrected chi connectivity index (χ2v) is 7.12. The van der Waals surface area contributed by atoms with Gasteiger partial charge in [0.1, 0.15) is 10.1 Å². The molecule has 0 bridgehead atoms. The quantitative estimate of drug-likeness (QED) is 0.625. The Balaban J connectivity index is 1.98. The maximum absolute atomic E-state index is 12.9. The average Bonchev–Trinajstić information content (AvgIpc) is 2.91. The maximum Gasteiger partial charge on any atom is 0.331 e. The number of ether oxygens (including phenoxy) is 1. The number of hydrogen-bond acceptors (Lipinski definition) is 5. The van der Waals surface area contributed by atoms with Gasteiger partial charge in [-0.25, -0.2) is 4.79 Å². The first-order valence-corrected chi connectivity index (χ1v) is 8.93. The molecule has 0 aliphatic carbocycles. The van der Waals surface area contributed by atoms with E-state index in [0.29, 0.717) is 16.2 Å². The maximum atomic E-state index is 12.9. The number of benzene rings is 2. The van der Waals surface area contributed by atoms with Crippen molar-refractivity contribution in [2.24, 2.45) is 0 Å². The lowest BCUT2D eigenvalue weighted by Gasteiger charge is -2.23. The van der Waals surface area contributed by atoms with Crippen LogP contribution < -0.4 is 4.74 Å². The molecule has 0 spiro atoms. The molecule has 1 amide bonds. The van der Waals surface area contributed by atoms with Crippen molar-refractivity contribution in [2.75, 3.05) is 7.11 Å². The molecule has 1 heterocycles. The number of thioether (sulfide) groups is 1. The summed E-state index contributed by atoms with van der Waals surface area (Å²) in [7, 11) is 1.55. The number of nitrogens with zero attached hydrogens (tertiary/aromatic N) is 1. The van der Waals surface area contributed by atoms with Crippen LogP contribution in [0.1, 0.15) is 17.2 Å². The number of aliphatic carboxylic acids is 1. The molecule has 2 aromatic carbocycles. The molecule has 26 heavy (non-hydrogen) atoms. The Labute approximate surface area is 160 Å². The molecule has 1 N–H and O–H groups in total. The van der Waals surface area contributed by atoms with Gasteiger partial charge in [0.05, 0.1) is 12.0 Å². The Kier molecular flexibility index (Phi) is 5.39. The van der Waals surface area contributed by atoms with Gasteiger partial charge in [-0.05, 0) is 17.7 Å². The Morgan fingerprint density at radius 2 is 1.85 bits per heavy atom. The van der Waals surface area contributed by atoms with Crippen molar-refractivity contribution < 1.29 is 19.4 Å². The summed E-state index contributed by atoms with van der Waals surface area (Å²) in [5, 5.41) is 9.68. The van der Waals surface area contributed by atoms with Crippen LogP contribution in [-0.2, 0) is 9.59 Å². The van der Waals surface area contributed by atoms with Gasteiger partial charge >= 0.3 is 5.97 Å². The molecule has 1 fully saturated rings. The summed E-state index contributed by atoms with van der Waals surface area (Å²) in [6, 6.07) is 14.7. The number of methoxy groups -OCH3 is 1. The van der Waals surface area contributed by atoms with Gasteiger partial charge in [-0.2, -0.15) is 0 Å². The normalized spacial score (nSPS) is 16.8. The molecule has 0 unspecified atom stereocenters. The van der Waals surface area contributed by atoms with E-state index in [2.05, 4.69) is 0 Å². The zero-order valence-corrected chi connectivity index (χ0v) is 15.4. The molecule has 1 saturated heterocycles. The zero-order chi connectivity index (χ0) is 18.7. The SMILES string of the molecule is COc1ccccc1/C=C1/SC(=S)N([C@H](C(=O)O)c2ccccc2)C1=O. The fourth-order valence-corrected chi connectivity index (χ4v) is 3.97. The number of amides is 1. The lowest BCUT2D eigenvalue weighted by Crippen LogP contribution is -2.37. The standard InChI is InChI=1S/C19H15NO4S2/c1-24-14-10-6-5-9-13(14)11-15-17(21)20(19(25)26-15)16(18(22)23)12-7-3-2-4-8-12/h2-11,16H,1H3,(H,22,23)/b15-11+/t16-/m0/s1. The van der Waals surface area contributed by atoms with Crippen molar-refractivity contribution in [3.05, 3.63) is 70.6 Å². The van der Waals surface area contributed by atoms with Crippen molar-refractivity contribution in [1.82, 2.24) is 4.90 Å². The molecule has 7 heteroatoms. The Hall–Kier alpha value is -2.64. The number of thiocarbonyl (C=S) groups is 1. The van der Waals surface area contributed by atoms with Crippen LogP contribution in [0.2, 0.25) is 0 Å². The van der Waals surface area contributed by atoms with E-state index in [9.17, 15) is 14.7 Å². The first-order chi connectivity index (χ1) is 12.5. The lowest BCUT2D eigenvalue weighted by atomic mass is 10.1. The predicted octanol–water partition coefficient (Wildman–Crippen LogP) is 3.72. The first-order valence-electron chi connectivity index (χ1n) is 7.70. The smallest absolute Gasteiger partial charge is 0.331 e. The highest BCUT2D eigenvalue weighted by atomic mass is 32.2. The molecule has 132 valence electrons. The number of hydrogen-bond donors (Lipinski definition) is 1. The van der Waals surface area contributed by atoms with E-state index < -0.39 is 17.9 Å². The predicted molar refractivity (Wildman–Crippen MR) is 105 cm³/mol. The van der Waals surface area contributed by atoms with Gasteiger partial charge < -0.3 is 9.84 Å². The topological polar surface area (TPSA) is 66.8 Å². The number of rotatable bonds is 5. The molecular weight excluding hydrogens is 370 g/mol. The molecule has 0 radical (unpaired) electrons. The van der Waals surface area contributed by atoms with Crippen molar-refractivity contribution in [1.29, 1.82) is 0 Å². The van der Waals surface area contributed by atoms with Crippen molar-refractivity contribution in [2.45, 2.75) is 6.04 Å². The largest absolute Gasteiger partial charge is 0.496 e. The minimum absolute atomic E-state index is 0.215. The van der Waals surface area contributed by atoms with Crippen LogP contribution in [0.5, 0.6) is 5.75 Å². The highest BCUT2D eigenvalue weighted by Crippen LogP contribution is 2.39. The highest BCUT2D eigenvalue weighted by molar-refractivity contribution is 8.26. The van der Waals surface area contributed by atoms with Crippen LogP contribution >= 0.6 is 24.0 Å². The summed E-state index contributed by atoms with van der Waals surface area (Å²) in [6.07, 6.45) is 1.67. The molecule has 0 aromatic heterocycles. The molecule has 1 aliphatic rings. The minimum Gasteiger partial charge on any atom is -0.496 e. The van der Waals surface area contributed by atoms with Gasteiger partial charge in [0.25, 0.3) is 5.91 Å². The van der Waals surface area contributed by atoms with Gasteiger partial charge in [-0.1, -0.05) is 72.5 Å². The molecule has 5 nitrogen and oxygen atoms in total. The van der Waals surface area contributed by atoms with Gasteiger partial charge in [0.2, 0.25) is 0 Å². The van der Waals surface area contributed by atoms with Gasteiger partial charge in [0.15, 0.2) is 6.04 Å². The third-order valence-corrected chi connectivity index (χ3v) is 5.19.